The molecule has 2 bridgehead atoms. The second-order valence-electron chi connectivity index (χ2n) is 4.90. The predicted molar refractivity (Wildman–Crippen MR) is 65.8 cm³/mol. The van der Waals surface area contributed by atoms with E-state index in [0.29, 0.717) is 6.42 Å². The lowest BCUT2D eigenvalue weighted by atomic mass is 9.83. The third-order valence-electron chi connectivity index (χ3n) is 3.68. The Labute approximate surface area is 106 Å². The second kappa shape index (κ2) is 5.98. The highest BCUT2D eigenvalue weighted by molar-refractivity contribution is 5.66. The second-order valence-corrected chi connectivity index (χ2v) is 4.90. The fourth-order valence-electron chi connectivity index (χ4n) is 2.78. The van der Waals surface area contributed by atoms with E-state index in [1.165, 1.54) is 0 Å². The molecule has 4 heteroatoms. The van der Waals surface area contributed by atoms with E-state index >= 15 is 0 Å². The van der Waals surface area contributed by atoms with Crippen LogP contribution in [0.3, 0.4) is 0 Å². The first-order valence-electron chi connectivity index (χ1n) is 6.49. The Bertz CT molecular complexity index is 393. The predicted octanol–water partition coefficient (Wildman–Crippen LogP) is 2.12. The molecule has 18 heavy (non-hydrogen) atoms. The maximum Gasteiger partial charge on any atom is 0.303 e. The SMILES string of the molecule is O=C=C1[C@@H]2CC[C@@H](O2)[C@@H]1CC=CCCCC(=O)O. The van der Waals surface area contributed by atoms with Crippen LogP contribution in [0, 0.1) is 5.92 Å². The van der Waals surface area contributed by atoms with Crippen LogP contribution in [0.15, 0.2) is 17.7 Å². The molecule has 4 nitrogen and oxygen atoms in total. The minimum Gasteiger partial charge on any atom is -0.481 e. The summed E-state index contributed by atoms with van der Waals surface area (Å²) in [6, 6.07) is 0. The normalized spacial score (nSPS) is 30.0. The summed E-state index contributed by atoms with van der Waals surface area (Å²) in [7, 11) is 0. The zero-order valence-electron chi connectivity index (χ0n) is 10.3. The summed E-state index contributed by atoms with van der Waals surface area (Å²) in [6.07, 6.45) is 8.67. The molecule has 0 spiro atoms. The highest BCUT2D eigenvalue weighted by Crippen LogP contribution is 2.43. The minimum atomic E-state index is -0.754. The number of fused-ring (bicyclic) bond motifs is 2. The zero-order chi connectivity index (χ0) is 13.0. The molecule has 2 saturated heterocycles. The number of carboxylic acids is 1. The first kappa shape index (κ1) is 13.1. The molecule has 0 aliphatic carbocycles. The van der Waals surface area contributed by atoms with E-state index in [-0.39, 0.29) is 24.5 Å². The summed E-state index contributed by atoms with van der Waals surface area (Å²) in [4.78, 5) is 21.2. The van der Waals surface area contributed by atoms with Gasteiger partial charge in [-0.2, -0.15) is 0 Å². The van der Waals surface area contributed by atoms with Gasteiger partial charge in [-0.1, -0.05) is 12.2 Å². The van der Waals surface area contributed by atoms with Crippen molar-refractivity contribution in [2.45, 2.75) is 50.7 Å². The van der Waals surface area contributed by atoms with Gasteiger partial charge in [-0.3, -0.25) is 4.79 Å². The van der Waals surface area contributed by atoms with Crippen molar-refractivity contribution in [3.05, 3.63) is 17.7 Å². The molecule has 2 aliphatic rings. The quantitative estimate of drug-likeness (QED) is 0.445. The molecule has 2 heterocycles. The number of carbonyl (C=O) groups is 1. The standard InChI is InChI=1S/C14H18O4/c15-9-11-10(12-7-8-13(11)18-12)5-3-1-2-4-6-14(16)17/h1,3,10,12-13H,2,4-8H2,(H,16,17)/t10-,12-,13+/m1/s1. The number of aliphatic carboxylic acids is 1. The van der Waals surface area contributed by atoms with Gasteiger partial charge in [0, 0.05) is 17.9 Å². The molecular formula is C14H18O4. The number of ether oxygens (including phenoxy) is 1. The highest BCUT2D eigenvalue weighted by Gasteiger charge is 2.45. The molecule has 98 valence electrons. The molecule has 0 aromatic carbocycles. The average Bonchev–Trinajstić information content (AvgIpc) is 2.93. The Kier molecular flexibility index (Phi) is 4.34. The van der Waals surface area contributed by atoms with Gasteiger partial charge in [0.05, 0.1) is 12.2 Å². The van der Waals surface area contributed by atoms with Crippen molar-refractivity contribution in [3.8, 4) is 0 Å². The Morgan fingerprint density at radius 3 is 3.00 bits per heavy atom. The van der Waals surface area contributed by atoms with Crippen LogP contribution in [0.2, 0.25) is 0 Å². The van der Waals surface area contributed by atoms with Crippen molar-refractivity contribution in [2.24, 2.45) is 5.92 Å². The molecule has 2 rings (SSSR count). The van der Waals surface area contributed by atoms with Crippen molar-refractivity contribution in [1.82, 2.24) is 0 Å². The fourth-order valence-corrected chi connectivity index (χ4v) is 2.78. The monoisotopic (exact) mass is 250 g/mol. The van der Waals surface area contributed by atoms with Crippen molar-refractivity contribution in [3.63, 3.8) is 0 Å². The molecular weight excluding hydrogens is 232 g/mol. The van der Waals surface area contributed by atoms with Crippen LogP contribution >= 0.6 is 0 Å². The first-order valence-corrected chi connectivity index (χ1v) is 6.49. The fraction of sp³-hybridized carbons (Fsp3) is 0.643. The van der Waals surface area contributed by atoms with Gasteiger partial charge in [0.15, 0.2) is 0 Å². The number of hydrogen-bond donors (Lipinski definition) is 1. The largest absolute Gasteiger partial charge is 0.481 e. The topological polar surface area (TPSA) is 63.6 Å². The van der Waals surface area contributed by atoms with Crippen LogP contribution < -0.4 is 0 Å². The number of allylic oxidation sites excluding steroid dienone is 2. The Hall–Kier alpha value is -1.38. The molecule has 0 unspecified atom stereocenters. The molecule has 3 atom stereocenters. The molecule has 0 saturated carbocycles. The summed E-state index contributed by atoms with van der Waals surface area (Å²) in [6.45, 7) is 0. The van der Waals surface area contributed by atoms with Crippen LogP contribution in [0.25, 0.3) is 0 Å². The third-order valence-corrected chi connectivity index (χ3v) is 3.68. The van der Waals surface area contributed by atoms with Crippen molar-refractivity contribution < 1.29 is 19.4 Å². The van der Waals surface area contributed by atoms with Gasteiger partial charge in [0.25, 0.3) is 0 Å². The van der Waals surface area contributed by atoms with E-state index < -0.39 is 5.97 Å². The summed E-state index contributed by atoms with van der Waals surface area (Å²) in [5.74, 6) is 1.48. The number of hydrogen-bond acceptors (Lipinski definition) is 3. The number of unbranched alkanes of at least 4 members (excludes halogenated alkanes) is 1. The lowest BCUT2D eigenvalue weighted by molar-refractivity contribution is -0.137. The number of carbonyl (C=O) groups excluding carboxylic acids is 1. The number of carboxylic acid groups (broad SMARTS) is 1. The van der Waals surface area contributed by atoms with E-state index in [1.807, 2.05) is 18.1 Å². The van der Waals surface area contributed by atoms with Crippen LogP contribution in [0.4, 0.5) is 0 Å². The van der Waals surface area contributed by atoms with Gasteiger partial charge in [-0.05, 0) is 32.1 Å². The summed E-state index contributed by atoms with van der Waals surface area (Å²) in [5.41, 5.74) is 0.793. The van der Waals surface area contributed by atoms with Gasteiger partial charge in [-0.25, -0.2) is 4.79 Å². The Morgan fingerprint density at radius 2 is 2.28 bits per heavy atom. The van der Waals surface area contributed by atoms with Crippen molar-refractivity contribution in [2.75, 3.05) is 0 Å². The van der Waals surface area contributed by atoms with E-state index in [2.05, 4.69) is 0 Å². The number of rotatable bonds is 6. The van der Waals surface area contributed by atoms with Gasteiger partial charge >= 0.3 is 5.97 Å². The summed E-state index contributed by atoms with van der Waals surface area (Å²) >= 11 is 0. The van der Waals surface area contributed by atoms with E-state index in [9.17, 15) is 9.59 Å². The zero-order valence-corrected chi connectivity index (χ0v) is 10.3. The molecule has 0 aromatic rings. The average molecular weight is 250 g/mol. The van der Waals surface area contributed by atoms with Gasteiger partial charge in [0.2, 0.25) is 0 Å². The van der Waals surface area contributed by atoms with Crippen LogP contribution in [0.5, 0.6) is 0 Å². The molecule has 2 fully saturated rings. The highest BCUT2D eigenvalue weighted by atomic mass is 16.5. The van der Waals surface area contributed by atoms with E-state index in [4.69, 9.17) is 9.84 Å². The third kappa shape index (κ3) is 2.89. The summed E-state index contributed by atoms with van der Waals surface area (Å²) in [5, 5.41) is 8.49. The molecule has 2 aliphatic heterocycles. The molecule has 0 radical (unpaired) electrons. The van der Waals surface area contributed by atoms with Crippen molar-refractivity contribution in [1.29, 1.82) is 0 Å². The lowest BCUT2D eigenvalue weighted by Gasteiger charge is -2.17. The first-order chi connectivity index (χ1) is 8.72. The van der Waals surface area contributed by atoms with Gasteiger partial charge < -0.3 is 9.84 Å². The van der Waals surface area contributed by atoms with Gasteiger partial charge in [-0.15, -0.1) is 0 Å². The van der Waals surface area contributed by atoms with Gasteiger partial charge in [0.1, 0.15) is 5.94 Å². The minimum absolute atomic E-state index is 0.0120. The maximum atomic E-state index is 10.9. The Balaban J connectivity index is 1.75. The molecule has 0 aromatic heterocycles. The Morgan fingerprint density at radius 1 is 1.44 bits per heavy atom. The smallest absolute Gasteiger partial charge is 0.303 e. The van der Waals surface area contributed by atoms with E-state index in [0.717, 1.165) is 31.3 Å². The van der Waals surface area contributed by atoms with E-state index in [1.54, 1.807) is 0 Å². The van der Waals surface area contributed by atoms with Crippen LogP contribution in [-0.4, -0.2) is 29.2 Å². The van der Waals surface area contributed by atoms with Crippen LogP contribution in [-0.2, 0) is 14.3 Å². The summed E-state index contributed by atoms with van der Waals surface area (Å²) < 4.78 is 5.69. The molecule has 0 amide bonds. The van der Waals surface area contributed by atoms with Crippen LogP contribution in [0.1, 0.15) is 38.5 Å². The lowest BCUT2D eigenvalue weighted by Crippen LogP contribution is -2.18. The maximum absolute atomic E-state index is 10.9. The van der Waals surface area contributed by atoms with Crippen molar-refractivity contribution >= 4 is 11.9 Å². The molecule has 1 N–H and O–H groups in total.